The summed E-state index contributed by atoms with van der Waals surface area (Å²) in [6.07, 6.45) is 15.1. The van der Waals surface area contributed by atoms with Crippen LogP contribution in [0, 0.1) is 0 Å². The Morgan fingerprint density at radius 2 is 2.07 bits per heavy atom. The van der Waals surface area contributed by atoms with E-state index in [1.807, 2.05) is 35.0 Å². The van der Waals surface area contributed by atoms with Crippen LogP contribution in [0.3, 0.4) is 0 Å². The van der Waals surface area contributed by atoms with E-state index in [1.54, 1.807) is 12.5 Å². The minimum atomic E-state index is -0.418. The van der Waals surface area contributed by atoms with Crippen LogP contribution in [0.25, 0.3) is 0 Å². The third-order valence-electron chi connectivity index (χ3n) is 5.43. The van der Waals surface area contributed by atoms with Crippen molar-refractivity contribution in [1.29, 1.82) is 0 Å². The molecule has 0 aliphatic heterocycles. The van der Waals surface area contributed by atoms with Gasteiger partial charge in [0.15, 0.2) is 0 Å². The molecule has 0 saturated heterocycles. The number of benzene rings is 1. The summed E-state index contributed by atoms with van der Waals surface area (Å²) >= 11 is 0. The summed E-state index contributed by atoms with van der Waals surface area (Å²) in [4.78, 5) is 16.6. The topological polar surface area (TPSA) is 65.4 Å². The number of aromatic nitrogens is 2. The van der Waals surface area contributed by atoms with Gasteiger partial charge in [0.2, 0.25) is 0 Å². The number of carbonyl (C=O) groups excluding carboxylic acids is 1. The molecular formula is C23H33N3O3. The maximum absolute atomic E-state index is 12.5. The highest BCUT2D eigenvalue weighted by molar-refractivity contribution is 5.85. The van der Waals surface area contributed by atoms with Gasteiger partial charge >= 0.3 is 6.09 Å². The molecular weight excluding hydrogens is 366 g/mol. The zero-order valence-corrected chi connectivity index (χ0v) is 17.4. The Labute approximate surface area is 173 Å². The van der Waals surface area contributed by atoms with Crippen LogP contribution in [0.2, 0.25) is 0 Å². The minimum Gasteiger partial charge on any atom is -0.494 e. The Morgan fingerprint density at radius 1 is 1.21 bits per heavy atom. The molecule has 2 atom stereocenters. The first-order valence-electron chi connectivity index (χ1n) is 10.9. The van der Waals surface area contributed by atoms with E-state index in [2.05, 4.69) is 17.2 Å². The summed E-state index contributed by atoms with van der Waals surface area (Å²) in [5.41, 5.74) is 0.688. The number of ether oxygens (including phenoxy) is 2. The molecule has 1 aromatic carbocycles. The Balaban J connectivity index is 1.47. The van der Waals surface area contributed by atoms with Crippen LogP contribution in [-0.4, -0.2) is 28.4 Å². The van der Waals surface area contributed by atoms with Gasteiger partial charge in [0.25, 0.3) is 0 Å². The third-order valence-corrected chi connectivity index (χ3v) is 5.43. The van der Waals surface area contributed by atoms with Gasteiger partial charge in [-0.15, -0.1) is 0 Å². The average Bonchev–Trinajstić information content (AvgIpc) is 3.26. The van der Waals surface area contributed by atoms with Crippen LogP contribution in [0.15, 0.2) is 43.0 Å². The summed E-state index contributed by atoms with van der Waals surface area (Å²) in [5, 5.41) is 2.85. The van der Waals surface area contributed by atoms with Crippen LogP contribution in [-0.2, 0) is 4.74 Å². The summed E-state index contributed by atoms with van der Waals surface area (Å²) in [7, 11) is 0. The molecule has 0 spiro atoms. The molecule has 1 fully saturated rings. The lowest BCUT2D eigenvalue weighted by molar-refractivity contribution is 0.0502. The van der Waals surface area contributed by atoms with Crippen molar-refractivity contribution in [2.75, 3.05) is 11.9 Å². The van der Waals surface area contributed by atoms with Crippen LogP contribution in [0.4, 0.5) is 10.5 Å². The zero-order chi connectivity index (χ0) is 20.3. The van der Waals surface area contributed by atoms with Crippen LogP contribution < -0.4 is 10.1 Å². The molecule has 0 bridgehead atoms. The van der Waals surface area contributed by atoms with Crippen molar-refractivity contribution in [2.24, 2.45) is 0 Å². The monoisotopic (exact) mass is 399 g/mol. The Morgan fingerprint density at radius 3 is 2.90 bits per heavy atom. The van der Waals surface area contributed by atoms with Crippen molar-refractivity contribution in [3.63, 3.8) is 0 Å². The Bertz CT molecular complexity index is 733. The number of hydrogen-bond acceptors (Lipinski definition) is 4. The van der Waals surface area contributed by atoms with E-state index in [1.165, 1.54) is 25.7 Å². The summed E-state index contributed by atoms with van der Waals surface area (Å²) in [5.74, 6) is 0.771. The third kappa shape index (κ3) is 6.80. The molecule has 0 radical (unpaired) electrons. The van der Waals surface area contributed by atoms with Gasteiger partial charge in [-0.3, -0.25) is 5.32 Å². The number of imidazole rings is 1. The molecule has 6 heteroatoms. The van der Waals surface area contributed by atoms with Crippen molar-refractivity contribution in [3.8, 4) is 5.75 Å². The molecule has 1 aromatic heterocycles. The maximum Gasteiger partial charge on any atom is 0.411 e. The van der Waals surface area contributed by atoms with Crippen molar-refractivity contribution in [2.45, 2.75) is 76.9 Å². The number of anilines is 1. The molecule has 2 unspecified atom stereocenters. The van der Waals surface area contributed by atoms with Gasteiger partial charge in [-0.25, -0.2) is 9.78 Å². The first-order valence-corrected chi connectivity index (χ1v) is 10.9. The van der Waals surface area contributed by atoms with E-state index >= 15 is 0 Å². The van der Waals surface area contributed by atoms with E-state index in [4.69, 9.17) is 9.47 Å². The maximum atomic E-state index is 12.5. The van der Waals surface area contributed by atoms with E-state index < -0.39 is 6.09 Å². The number of nitrogens with one attached hydrogen (secondary N) is 1. The van der Waals surface area contributed by atoms with Gasteiger partial charge < -0.3 is 14.0 Å². The normalized spacial score (nSPS) is 18.9. The van der Waals surface area contributed by atoms with Crippen molar-refractivity contribution in [1.82, 2.24) is 9.55 Å². The minimum absolute atomic E-state index is 0.138. The molecule has 1 amide bonds. The van der Waals surface area contributed by atoms with Crippen LogP contribution in [0.5, 0.6) is 5.75 Å². The number of hydrogen-bond donors (Lipinski definition) is 1. The van der Waals surface area contributed by atoms with Gasteiger partial charge in [0.05, 0.1) is 19.0 Å². The standard InChI is InChI=1S/C23H33N3O3/c1-2-3-4-5-8-16-28-20-11-9-10-19(17-20)25-23(27)29-22-13-7-6-12-21(22)26-15-14-24-18-26/h9-11,14-15,17-18,21-22H,2-8,12-13,16H2,1H3,(H,25,27). The fourth-order valence-electron chi connectivity index (χ4n) is 3.87. The van der Waals surface area contributed by atoms with Gasteiger partial charge in [0.1, 0.15) is 11.9 Å². The number of unbranched alkanes of at least 4 members (excludes halogenated alkanes) is 4. The first-order chi connectivity index (χ1) is 14.3. The SMILES string of the molecule is CCCCCCCOc1cccc(NC(=O)OC2CCCCC2n2ccnc2)c1. The predicted octanol–water partition coefficient (Wildman–Crippen LogP) is 5.96. The van der Waals surface area contributed by atoms with Gasteiger partial charge in [-0.05, 0) is 37.8 Å². The summed E-state index contributed by atoms with van der Waals surface area (Å²) < 4.78 is 13.6. The molecule has 1 heterocycles. The Kier molecular flexibility index (Phi) is 8.40. The molecule has 2 aromatic rings. The van der Waals surface area contributed by atoms with Gasteiger partial charge in [-0.1, -0.05) is 45.1 Å². The molecule has 1 N–H and O–H groups in total. The number of carbonyl (C=O) groups is 1. The second kappa shape index (κ2) is 11.5. The molecule has 1 aliphatic carbocycles. The van der Waals surface area contributed by atoms with E-state index in [0.29, 0.717) is 12.3 Å². The quantitative estimate of drug-likeness (QED) is 0.500. The highest BCUT2D eigenvalue weighted by Gasteiger charge is 2.29. The van der Waals surface area contributed by atoms with E-state index in [9.17, 15) is 4.79 Å². The lowest BCUT2D eigenvalue weighted by atomic mass is 9.92. The highest BCUT2D eigenvalue weighted by atomic mass is 16.6. The second-order valence-corrected chi connectivity index (χ2v) is 7.72. The average molecular weight is 400 g/mol. The predicted molar refractivity (Wildman–Crippen MR) is 114 cm³/mol. The van der Waals surface area contributed by atoms with Crippen molar-refractivity contribution in [3.05, 3.63) is 43.0 Å². The summed E-state index contributed by atoms with van der Waals surface area (Å²) in [6, 6.07) is 7.65. The molecule has 6 nitrogen and oxygen atoms in total. The fraction of sp³-hybridized carbons (Fsp3) is 0.565. The number of nitrogens with zero attached hydrogens (tertiary/aromatic N) is 2. The lowest BCUT2D eigenvalue weighted by Gasteiger charge is -2.31. The summed E-state index contributed by atoms with van der Waals surface area (Å²) in [6.45, 7) is 2.92. The van der Waals surface area contributed by atoms with Crippen LogP contribution in [0.1, 0.15) is 70.8 Å². The molecule has 1 aliphatic rings. The molecule has 3 rings (SSSR count). The first kappa shape index (κ1) is 21.2. The Hall–Kier alpha value is -2.50. The van der Waals surface area contributed by atoms with Crippen molar-refractivity contribution < 1.29 is 14.3 Å². The number of rotatable bonds is 10. The zero-order valence-electron chi connectivity index (χ0n) is 17.4. The van der Waals surface area contributed by atoms with Gasteiger partial charge in [0, 0.05) is 24.1 Å². The number of amides is 1. The lowest BCUT2D eigenvalue weighted by Crippen LogP contribution is -2.33. The van der Waals surface area contributed by atoms with E-state index in [-0.39, 0.29) is 12.1 Å². The smallest absolute Gasteiger partial charge is 0.411 e. The molecule has 158 valence electrons. The largest absolute Gasteiger partial charge is 0.494 e. The van der Waals surface area contributed by atoms with E-state index in [0.717, 1.165) is 37.9 Å². The van der Waals surface area contributed by atoms with Crippen LogP contribution >= 0.6 is 0 Å². The molecule has 1 saturated carbocycles. The van der Waals surface area contributed by atoms with Crippen molar-refractivity contribution >= 4 is 11.8 Å². The molecule has 29 heavy (non-hydrogen) atoms. The fourth-order valence-corrected chi connectivity index (χ4v) is 3.87. The highest BCUT2D eigenvalue weighted by Crippen LogP contribution is 2.31. The van der Waals surface area contributed by atoms with Gasteiger partial charge in [-0.2, -0.15) is 0 Å². The second-order valence-electron chi connectivity index (χ2n) is 7.72.